The van der Waals surface area contributed by atoms with E-state index in [1.807, 2.05) is 18.2 Å². The largest absolute Gasteiger partial charge is 0.493 e. The lowest BCUT2D eigenvalue weighted by atomic mass is 9.96. The lowest BCUT2D eigenvalue weighted by Gasteiger charge is -2.39. The maximum absolute atomic E-state index is 5.47. The van der Waals surface area contributed by atoms with Crippen molar-refractivity contribution in [3.05, 3.63) is 101 Å². The number of aromatic amines is 1. The summed E-state index contributed by atoms with van der Waals surface area (Å²) in [5.41, 5.74) is 5.88. The Labute approximate surface area is 213 Å². The molecule has 0 aliphatic carbocycles. The van der Waals surface area contributed by atoms with Crippen LogP contribution in [0, 0.1) is 6.92 Å². The summed E-state index contributed by atoms with van der Waals surface area (Å²) in [6.07, 6.45) is 0. The van der Waals surface area contributed by atoms with Gasteiger partial charge in [0.25, 0.3) is 0 Å². The van der Waals surface area contributed by atoms with Gasteiger partial charge in [0, 0.05) is 44.0 Å². The fraction of sp³-hybridized carbons (Fsp3) is 0.300. The second-order valence-corrected chi connectivity index (χ2v) is 9.26. The molecule has 4 aromatic rings. The number of imidazole rings is 1. The predicted octanol–water partition coefficient (Wildman–Crippen LogP) is 5.31. The third-order valence-corrected chi connectivity index (χ3v) is 7.02. The summed E-state index contributed by atoms with van der Waals surface area (Å²) >= 11 is 0. The summed E-state index contributed by atoms with van der Waals surface area (Å²) in [5, 5.41) is 0. The number of nitrogens with one attached hydrogen (secondary N) is 1. The molecule has 1 aliphatic heterocycles. The summed E-state index contributed by atoms with van der Waals surface area (Å²) in [5.74, 6) is 2.27. The van der Waals surface area contributed by atoms with Gasteiger partial charge >= 0.3 is 0 Å². The van der Waals surface area contributed by atoms with Crippen molar-refractivity contribution in [2.24, 2.45) is 0 Å². The zero-order valence-electron chi connectivity index (χ0n) is 21.3. The van der Waals surface area contributed by atoms with Crippen LogP contribution in [-0.4, -0.2) is 60.2 Å². The van der Waals surface area contributed by atoms with Gasteiger partial charge in [0.2, 0.25) is 0 Å². The molecule has 6 nitrogen and oxygen atoms in total. The van der Waals surface area contributed by atoms with E-state index in [2.05, 4.69) is 82.4 Å². The minimum Gasteiger partial charge on any atom is -0.493 e. The molecule has 1 N–H and O–H groups in total. The number of benzene rings is 3. The SMILES string of the molecule is COc1ccc(-c2nc(CN3CCN(C(c4ccccc4)c4ccccc4)CC3)c(C)[nH]2)cc1OC. The van der Waals surface area contributed by atoms with E-state index in [-0.39, 0.29) is 6.04 Å². The number of hydrogen-bond acceptors (Lipinski definition) is 5. The van der Waals surface area contributed by atoms with E-state index in [0.29, 0.717) is 11.5 Å². The average molecular weight is 483 g/mol. The van der Waals surface area contributed by atoms with Crippen LogP contribution < -0.4 is 9.47 Å². The highest BCUT2D eigenvalue weighted by Crippen LogP contribution is 2.32. The molecule has 0 bridgehead atoms. The topological polar surface area (TPSA) is 53.6 Å². The molecule has 0 spiro atoms. The lowest BCUT2D eigenvalue weighted by molar-refractivity contribution is 0.104. The molecule has 2 heterocycles. The zero-order valence-corrected chi connectivity index (χ0v) is 21.3. The van der Waals surface area contributed by atoms with Crippen LogP contribution in [-0.2, 0) is 6.54 Å². The summed E-state index contributed by atoms with van der Waals surface area (Å²) in [6, 6.07) is 27.9. The van der Waals surface area contributed by atoms with Crippen molar-refractivity contribution in [1.82, 2.24) is 19.8 Å². The summed E-state index contributed by atoms with van der Waals surface area (Å²) < 4.78 is 10.8. The molecule has 1 saturated heterocycles. The van der Waals surface area contributed by atoms with E-state index in [0.717, 1.165) is 55.5 Å². The number of methoxy groups -OCH3 is 2. The van der Waals surface area contributed by atoms with Crippen LogP contribution in [0.5, 0.6) is 11.5 Å². The van der Waals surface area contributed by atoms with Gasteiger partial charge in [0.15, 0.2) is 11.5 Å². The quantitative estimate of drug-likeness (QED) is 0.369. The van der Waals surface area contributed by atoms with Crippen LogP contribution in [0.1, 0.15) is 28.6 Å². The Morgan fingerprint density at radius 1 is 0.806 bits per heavy atom. The molecule has 3 aromatic carbocycles. The highest BCUT2D eigenvalue weighted by molar-refractivity contribution is 5.61. The minimum atomic E-state index is 0.276. The molecule has 1 aliphatic rings. The van der Waals surface area contributed by atoms with Gasteiger partial charge in [0.1, 0.15) is 5.82 Å². The Kier molecular flexibility index (Phi) is 7.35. The Bertz CT molecular complexity index is 1230. The van der Waals surface area contributed by atoms with Crippen molar-refractivity contribution >= 4 is 0 Å². The van der Waals surface area contributed by atoms with Gasteiger partial charge in [-0.25, -0.2) is 4.98 Å². The molecule has 36 heavy (non-hydrogen) atoms. The Morgan fingerprint density at radius 3 is 2.00 bits per heavy atom. The van der Waals surface area contributed by atoms with Gasteiger partial charge in [-0.15, -0.1) is 0 Å². The first kappa shape index (κ1) is 24.1. The van der Waals surface area contributed by atoms with Crippen LogP contribution in [0.3, 0.4) is 0 Å². The number of H-pyrrole nitrogens is 1. The van der Waals surface area contributed by atoms with E-state index >= 15 is 0 Å². The Hall–Kier alpha value is -3.61. The van der Waals surface area contributed by atoms with Gasteiger partial charge < -0.3 is 14.5 Å². The van der Waals surface area contributed by atoms with Gasteiger partial charge in [-0.2, -0.15) is 0 Å². The normalized spacial score (nSPS) is 14.8. The fourth-order valence-corrected chi connectivity index (χ4v) is 5.05. The van der Waals surface area contributed by atoms with Gasteiger partial charge in [-0.05, 0) is 36.2 Å². The van der Waals surface area contributed by atoms with Crippen molar-refractivity contribution in [1.29, 1.82) is 0 Å². The van der Waals surface area contributed by atoms with Gasteiger partial charge in [-0.3, -0.25) is 9.80 Å². The monoisotopic (exact) mass is 482 g/mol. The van der Waals surface area contributed by atoms with Crippen molar-refractivity contribution in [3.8, 4) is 22.9 Å². The van der Waals surface area contributed by atoms with Crippen LogP contribution >= 0.6 is 0 Å². The minimum absolute atomic E-state index is 0.276. The second-order valence-electron chi connectivity index (χ2n) is 9.26. The summed E-state index contributed by atoms with van der Waals surface area (Å²) in [4.78, 5) is 13.5. The van der Waals surface area contributed by atoms with Gasteiger partial charge in [-0.1, -0.05) is 60.7 Å². The molecule has 5 rings (SSSR count). The number of piperazine rings is 1. The molecule has 6 heteroatoms. The highest BCUT2D eigenvalue weighted by atomic mass is 16.5. The molecule has 0 radical (unpaired) electrons. The average Bonchev–Trinajstić information content (AvgIpc) is 3.30. The Balaban J connectivity index is 1.28. The first-order valence-electron chi connectivity index (χ1n) is 12.5. The Morgan fingerprint density at radius 2 is 1.42 bits per heavy atom. The second kappa shape index (κ2) is 11.0. The van der Waals surface area contributed by atoms with Crippen LogP contribution in [0.2, 0.25) is 0 Å². The number of nitrogens with zero attached hydrogens (tertiary/aromatic N) is 3. The van der Waals surface area contributed by atoms with Crippen LogP contribution in [0.4, 0.5) is 0 Å². The van der Waals surface area contributed by atoms with E-state index < -0.39 is 0 Å². The van der Waals surface area contributed by atoms with Crippen molar-refractivity contribution in [2.45, 2.75) is 19.5 Å². The first-order chi connectivity index (χ1) is 17.7. The van der Waals surface area contributed by atoms with E-state index in [9.17, 15) is 0 Å². The number of ether oxygens (including phenoxy) is 2. The number of aromatic nitrogens is 2. The van der Waals surface area contributed by atoms with E-state index in [4.69, 9.17) is 14.5 Å². The lowest BCUT2D eigenvalue weighted by Crippen LogP contribution is -2.47. The standard InChI is InChI=1S/C30H34N4O2/c1-22-26(32-30(31-22)25-14-15-27(35-2)28(20-25)36-3)21-33-16-18-34(19-17-33)29(23-10-6-4-7-11-23)24-12-8-5-9-13-24/h4-15,20,29H,16-19,21H2,1-3H3,(H,31,32). The van der Waals surface area contributed by atoms with Crippen molar-refractivity contribution < 1.29 is 9.47 Å². The first-order valence-corrected chi connectivity index (χ1v) is 12.5. The third-order valence-electron chi connectivity index (χ3n) is 7.02. The molecule has 1 aromatic heterocycles. The molecule has 0 unspecified atom stereocenters. The molecule has 0 atom stereocenters. The molecule has 0 saturated carbocycles. The smallest absolute Gasteiger partial charge is 0.161 e. The molecule has 0 amide bonds. The summed E-state index contributed by atoms with van der Waals surface area (Å²) in [6.45, 7) is 6.98. The van der Waals surface area contributed by atoms with E-state index in [1.54, 1.807) is 14.2 Å². The maximum atomic E-state index is 5.47. The van der Waals surface area contributed by atoms with Crippen LogP contribution in [0.25, 0.3) is 11.4 Å². The number of aryl methyl sites for hydroxylation is 1. The van der Waals surface area contributed by atoms with Crippen molar-refractivity contribution in [3.63, 3.8) is 0 Å². The zero-order chi connectivity index (χ0) is 24.9. The maximum Gasteiger partial charge on any atom is 0.161 e. The highest BCUT2D eigenvalue weighted by Gasteiger charge is 2.27. The number of hydrogen-bond donors (Lipinski definition) is 1. The van der Waals surface area contributed by atoms with Gasteiger partial charge in [0.05, 0.1) is 26.0 Å². The fourth-order valence-electron chi connectivity index (χ4n) is 5.05. The third kappa shape index (κ3) is 5.15. The van der Waals surface area contributed by atoms with E-state index in [1.165, 1.54) is 11.1 Å². The van der Waals surface area contributed by atoms with Crippen molar-refractivity contribution in [2.75, 3.05) is 40.4 Å². The number of rotatable bonds is 8. The summed E-state index contributed by atoms with van der Waals surface area (Å²) in [7, 11) is 3.30. The van der Waals surface area contributed by atoms with Crippen LogP contribution in [0.15, 0.2) is 78.9 Å². The molecule has 186 valence electrons. The molecular formula is C30H34N4O2. The predicted molar refractivity (Wildman–Crippen MR) is 143 cm³/mol. The molecular weight excluding hydrogens is 448 g/mol. The molecule has 1 fully saturated rings.